The van der Waals surface area contributed by atoms with Crippen molar-refractivity contribution in [1.29, 1.82) is 0 Å². The number of pyridine rings is 2. The van der Waals surface area contributed by atoms with Crippen molar-refractivity contribution in [3.63, 3.8) is 0 Å². The van der Waals surface area contributed by atoms with Crippen molar-refractivity contribution in [3.8, 4) is 0 Å². The van der Waals surface area contributed by atoms with Gasteiger partial charge in [-0.25, -0.2) is 33.5 Å². The second kappa shape index (κ2) is 22.5. The molecule has 3 amide bonds. The van der Waals surface area contributed by atoms with Gasteiger partial charge in [0.25, 0.3) is 11.8 Å². The molecule has 0 radical (unpaired) electrons. The Morgan fingerprint density at radius 2 is 1.11 bits per heavy atom. The van der Waals surface area contributed by atoms with Crippen LogP contribution in [-0.4, -0.2) is 123 Å². The smallest absolute Gasteiger partial charge is 0.326 e. The van der Waals surface area contributed by atoms with Crippen LogP contribution >= 0.6 is 69.9 Å². The molecule has 3 saturated heterocycles. The highest BCUT2D eigenvalue weighted by Gasteiger charge is 2.57. The third kappa shape index (κ3) is 10.5. The quantitative estimate of drug-likeness (QED) is 0.144. The number of benzene rings is 2. The molecular formula is C60H64Cl4F2N10O5S2. The van der Waals surface area contributed by atoms with Gasteiger partial charge in [0.05, 0.1) is 22.1 Å². The normalized spacial score (nSPS) is 27.9. The number of amides is 3. The molecular weight excluding hydrogens is 1180 g/mol. The lowest BCUT2D eigenvalue weighted by molar-refractivity contribution is -0.147. The summed E-state index contributed by atoms with van der Waals surface area (Å²) in [5.41, 5.74) is 2.76. The van der Waals surface area contributed by atoms with Gasteiger partial charge in [-0.1, -0.05) is 98.4 Å². The van der Waals surface area contributed by atoms with Gasteiger partial charge >= 0.3 is 5.97 Å². The SMILES string of the molecule is CC(C)C1=C(C(=O)N2C(C)CC[C@H]2C(=O)O)SC2=N[C@@](C)(c3ccc(Cl)nc3)[C@@H](c3ccc(Cl)c(F)c3)N21.CC(C)C1=C(C(=O)N2[C@H](C)CC[C@H]2C(=O)N2CCNC3(CC3)C2)SC2=N[C@@](C)(c3ccc(Cl)nc3)[C@@H](c3ccc(Cl)c(F)c3)N21. The van der Waals surface area contributed by atoms with Crippen LogP contribution in [0.15, 0.2) is 104 Å². The topological polar surface area (TPSA) is 167 Å². The van der Waals surface area contributed by atoms with E-state index in [0.29, 0.717) is 73.9 Å². The molecule has 2 aromatic heterocycles. The van der Waals surface area contributed by atoms with Gasteiger partial charge in [0.2, 0.25) is 5.91 Å². The van der Waals surface area contributed by atoms with Crippen molar-refractivity contribution in [2.24, 2.45) is 21.8 Å². The second-order valence-corrected chi connectivity index (χ2v) is 27.3. The number of carbonyl (C=O) groups excluding carboxylic acids is 3. The van der Waals surface area contributed by atoms with E-state index in [1.54, 1.807) is 36.7 Å². The van der Waals surface area contributed by atoms with E-state index in [-0.39, 0.29) is 57.2 Å². The van der Waals surface area contributed by atoms with Crippen molar-refractivity contribution >= 4 is 104 Å². The first-order chi connectivity index (χ1) is 39.4. The minimum atomic E-state index is -1.01. The number of aliphatic imine (C=N–C) groups is 2. The number of allylic oxidation sites excluding steroid dienone is 2. The second-order valence-electron chi connectivity index (χ2n) is 23.8. The van der Waals surface area contributed by atoms with Gasteiger partial charge < -0.3 is 34.9 Å². The molecule has 9 heterocycles. The Bertz CT molecular complexity index is 3460. The van der Waals surface area contributed by atoms with E-state index in [9.17, 15) is 33.1 Å². The number of hydrogen-bond donors (Lipinski definition) is 2. The highest BCUT2D eigenvalue weighted by Crippen LogP contribution is 2.59. The minimum absolute atomic E-state index is 0.0109. The highest BCUT2D eigenvalue weighted by molar-refractivity contribution is 8.18. The highest BCUT2D eigenvalue weighted by atomic mass is 35.5. The third-order valence-corrected chi connectivity index (χ3v) is 20.7. The van der Waals surface area contributed by atoms with Crippen molar-refractivity contribution < 1.29 is 33.1 Å². The first-order valence-corrected chi connectivity index (χ1v) is 31.2. The fourth-order valence-electron chi connectivity index (χ4n) is 13.2. The van der Waals surface area contributed by atoms with Crippen molar-refractivity contribution in [2.45, 2.75) is 147 Å². The molecule has 2 N–H and O–H groups in total. The number of fused-ring (bicyclic) bond motifs is 2. The van der Waals surface area contributed by atoms with E-state index < -0.39 is 52.8 Å². The molecule has 4 fully saturated rings. The van der Waals surface area contributed by atoms with E-state index in [4.69, 9.17) is 56.4 Å². The van der Waals surface area contributed by atoms with Crippen LogP contribution in [0.3, 0.4) is 0 Å². The number of carboxylic acid groups (broad SMARTS) is 1. The molecule has 7 aliphatic heterocycles. The molecule has 23 heteroatoms. The van der Waals surface area contributed by atoms with Crippen LogP contribution < -0.4 is 5.32 Å². The number of halogens is 6. The van der Waals surface area contributed by atoms with Crippen LogP contribution in [-0.2, 0) is 30.3 Å². The van der Waals surface area contributed by atoms with Crippen LogP contribution in [0.1, 0.15) is 128 Å². The van der Waals surface area contributed by atoms with Crippen LogP contribution in [0, 0.1) is 23.5 Å². The van der Waals surface area contributed by atoms with Gasteiger partial charge in [-0.15, -0.1) is 0 Å². The van der Waals surface area contributed by atoms with E-state index in [1.807, 2.05) is 74.4 Å². The molecule has 4 aromatic rings. The number of aromatic nitrogens is 2. The Labute approximate surface area is 510 Å². The number of carbonyl (C=O) groups is 4. The Kier molecular flexibility index (Phi) is 16.1. The lowest BCUT2D eigenvalue weighted by Crippen LogP contribution is -2.58. The summed E-state index contributed by atoms with van der Waals surface area (Å²) in [6, 6.07) is 14.0. The first-order valence-electron chi connectivity index (χ1n) is 28.0. The van der Waals surface area contributed by atoms with Gasteiger partial charge in [-0.3, -0.25) is 14.4 Å². The summed E-state index contributed by atoms with van der Waals surface area (Å²) < 4.78 is 29.7. The van der Waals surface area contributed by atoms with Gasteiger partial charge in [0, 0.05) is 72.2 Å². The zero-order valence-electron chi connectivity index (χ0n) is 47.1. The van der Waals surface area contributed by atoms with Crippen LogP contribution in [0.2, 0.25) is 20.4 Å². The van der Waals surface area contributed by atoms with Crippen molar-refractivity contribution in [2.75, 3.05) is 19.6 Å². The standard InChI is InChI=1S/C33H37Cl2FN6O2S.C27H27Cl2FN4O3S/c1-18(2)26-27(30(44)41-19(3)5-9-24(41)29(43)40-14-13-38-33(17-40)11-12-33)45-31-39-32(4,21-7-10-25(35)37-16-21)28(42(26)31)20-6-8-22(34)23(36)15-20;1-13(2)21-22(24(35)33-14(3)5-9-19(33)25(36)37)38-26-32-27(4,16-7-10-20(29)31-12-16)23(34(21)26)15-6-8-17(28)18(30)11-15/h6-8,10,15-16,18-19,24,28,38H,5,9,11-14,17H2,1-4H3;6-8,10-14,19,23H,5,9H2,1-4H3,(H,36,37)/t19-,24+,28-,32+;14?,19-,23+,27-/m10/s1. The Balaban J connectivity index is 0.000000176. The molecule has 0 bridgehead atoms. The van der Waals surface area contributed by atoms with Crippen molar-refractivity contribution in [1.82, 2.24) is 39.8 Å². The molecule has 8 aliphatic rings. The summed E-state index contributed by atoms with van der Waals surface area (Å²) >= 11 is 26.9. The van der Waals surface area contributed by atoms with E-state index in [2.05, 4.69) is 34.0 Å². The zero-order chi connectivity index (χ0) is 59.4. The average Bonchev–Trinajstić information content (AvgIpc) is 2.05. The summed E-state index contributed by atoms with van der Waals surface area (Å²) in [7, 11) is 0. The number of amidine groups is 2. The summed E-state index contributed by atoms with van der Waals surface area (Å²) in [6.07, 6.45) is 7.99. The molecule has 1 unspecified atom stereocenters. The molecule has 1 spiro atoms. The molecule has 1 aliphatic carbocycles. The molecule has 438 valence electrons. The predicted molar refractivity (Wildman–Crippen MR) is 322 cm³/mol. The summed E-state index contributed by atoms with van der Waals surface area (Å²) in [5.74, 6) is -2.67. The van der Waals surface area contributed by atoms with Gasteiger partial charge in [0.1, 0.15) is 54.9 Å². The molecule has 12 rings (SSSR count). The van der Waals surface area contributed by atoms with Crippen LogP contribution in [0.25, 0.3) is 0 Å². The van der Waals surface area contributed by atoms with Crippen LogP contribution in [0.5, 0.6) is 0 Å². The Morgan fingerprint density at radius 1 is 0.663 bits per heavy atom. The van der Waals surface area contributed by atoms with Crippen molar-refractivity contribution in [3.05, 3.63) is 149 Å². The number of likely N-dealkylation sites (tertiary alicyclic amines) is 2. The zero-order valence-corrected chi connectivity index (χ0v) is 51.8. The summed E-state index contributed by atoms with van der Waals surface area (Å²) in [6.45, 7) is 18.1. The summed E-state index contributed by atoms with van der Waals surface area (Å²) in [4.78, 5) is 83.7. The van der Waals surface area contributed by atoms with Gasteiger partial charge in [-0.2, -0.15) is 0 Å². The molecule has 1 saturated carbocycles. The number of rotatable bonds is 10. The number of thioether (sulfide) groups is 2. The first kappa shape index (κ1) is 59.5. The average molecular weight is 1250 g/mol. The third-order valence-electron chi connectivity index (χ3n) is 17.6. The molecule has 2 aromatic carbocycles. The molecule has 8 atom stereocenters. The largest absolute Gasteiger partial charge is 0.480 e. The Hall–Kier alpha value is -5.28. The molecule has 83 heavy (non-hydrogen) atoms. The van der Waals surface area contributed by atoms with Crippen LogP contribution in [0.4, 0.5) is 8.78 Å². The maximum atomic E-state index is 15.0. The fourth-order valence-corrected chi connectivity index (χ4v) is 16.4. The number of hydrogen-bond acceptors (Lipinski definition) is 13. The van der Waals surface area contributed by atoms with Gasteiger partial charge in [-0.05, 0) is 149 Å². The summed E-state index contributed by atoms with van der Waals surface area (Å²) in [5, 5.41) is 15.4. The maximum absolute atomic E-state index is 15.0. The number of nitrogens with zero attached hydrogens (tertiary/aromatic N) is 9. The number of aliphatic carboxylic acids is 1. The lowest BCUT2D eigenvalue weighted by atomic mass is 9.81. The van der Waals surface area contributed by atoms with E-state index >= 15 is 0 Å². The van der Waals surface area contributed by atoms with E-state index in [1.165, 1.54) is 46.6 Å². The van der Waals surface area contributed by atoms with E-state index in [0.717, 1.165) is 48.3 Å². The minimum Gasteiger partial charge on any atom is -0.480 e. The maximum Gasteiger partial charge on any atom is 0.326 e. The number of nitrogens with one attached hydrogen (secondary N) is 1. The monoisotopic (exact) mass is 1250 g/mol. The number of piperazine rings is 1. The predicted octanol–water partition coefficient (Wildman–Crippen LogP) is 12.3. The lowest BCUT2D eigenvalue weighted by Gasteiger charge is -2.38. The fraction of sp³-hybridized carbons (Fsp3) is 0.467. The Morgan fingerprint density at radius 3 is 1.51 bits per heavy atom. The van der Waals surface area contributed by atoms with Gasteiger partial charge in [0.15, 0.2) is 10.3 Å². The number of carboxylic acids is 1. The molecule has 15 nitrogen and oxygen atoms in total.